The summed E-state index contributed by atoms with van der Waals surface area (Å²) in [5, 5.41) is 19.4. The molecule has 3 aliphatic heterocycles. The number of aromatic nitrogens is 1. The lowest BCUT2D eigenvalue weighted by Crippen LogP contribution is -2.52. The monoisotopic (exact) mass is 327 g/mol. The highest BCUT2D eigenvalue weighted by atomic mass is 16.3. The summed E-state index contributed by atoms with van der Waals surface area (Å²) in [4.78, 5) is 20.1. The molecule has 3 aliphatic rings. The predicted octanol–water partition coefficient (Wildman–Crippen LogP) is 0.362. The smallest absolute Gasteiger partial charge is 0.221 e. The molecule has 24 heavy (non-hydrogen) atoms. The first-order valence-corrected chi connectivity index (χ1v) is 8.30. The van der Waals surface area contributed by atoms with Gasteiger partial charge in [-0.25, -0.2) is 0 Å². The third-order valence-electron chi connectivity index (χ3n) is 4.82. The topological polar surface area (TPSA) is 98.6 Å². The number of amides is 1. The fourth-order valence-corrected chi connectivity index (χ4v) is 3.47. The Bertz CT molecular complexity index is 730. The van der Waals surface area contributed by atoms with Gasteiger partial charge >= 0.3 is 0 Å². The molecule has 1 aromatic rings. The number of aliphatic hydroxyl groups is 1. The molecule has 4 unspecified atom stereocenters. The van der Waals surface area contributed by atoms with Crippen molar-refractivity contribution in [2.24, 2.45) is 4.99 Å². The molecule has 2 fully saturated rings. The van der Waals surface area contributed by atoms with E-state index in [0.717, 1.165) is 28.8 Å². The van der Waals surface area contributed by atoms with Gasteiger partial charge < -0.3 is 10.4 Å². The SMILES string of the molecule is Cc1cc(C2=CCC(O)N=C2)ncc1C1NC2CCC(=O)NC2N1. The lowest BCUT2D eigenvalue weighted by atomic mass is 10.0. The van der Waals surface area contributed by atoms with Crippen molar-refractivity contribution in [3.8, 4) is 0 Å². The van der Waals surface area contributed by atoms with Gasteiger partial charge in [0, 0.05) is 42.4 Å². The normalized spacial score (nSPS) is 32.2. The summed E-state index contributed by atoms with van der Waals surface area (Å²) in [5.74, 6) is 0.0992. The van der Waals surface area contributed by atoms with Gasteiger partial charge in [-0.2, -0.15) is 0 Å². The molecule has 0 spiro atoms. The number of nitrogens with one attached hydrogen (secondary N) is 3. The minimum Gasteiger partial charge on any atom is -0.371 e. The van der Waals surface area contributed by atoms with Crippen molar-refractivity contribution in [2.75, 3.05) is 0 Å². The second-order valence-corrected chi connectivity index (χ2v) is 6.54. The number of aliphatic hydroxyl groups excluding tert-OH is 1. The van der Waals surface area contributed by atoms with Crippen molar-refractivity contribution in [1.82, 2.24) is 20.9 Å². The number of aliphatic imine (C=N–C) groups is 1. The van der Waals surface area contributed by atoms with E-state index in [1.54, 1.807) is 6.21 Å². The first kappa shape index (κ1) is 15.4. The number of pyridine rings is 1. The molecular formula is C17H21N5O2. The van der Waals surface area contributed by atoms with Gasteiger partial charge in [0.25, 0.3) is 0 Å². The summed E-state index contributed by atoms with van der Waals surface area (Å²) < 4.78 is 0. The van der Waals surface area contributed by atoms with Crippen LogP contribution in [0.25, 0.3) is 5.57 Å². The zero-order chi connectivity index (χ0) is 16.7. The molecule has 0 aliphatic carbocycles. The highest BCUT2D eigenvalue weighted by molar-refractivity contribution is 6.09. The van der Waals surface area contributed by atoms with E-state index in [-0.39, 0.29) is 24.3 Å². The Kier molecular flexibility index (Phi) is 3.91. The van der Waals surface area contributed by atoms with Crippen molar-refractivity contribution >= 4 is 17.7 Å². The van der Waals surface area contributed by atoms with E-state index in [1.807, 2.05) is 18.3 Å². The van der Waals surface area contributed by atoms with E-state index in [1.165, 1.54) is 0 Å². The summed E-state index contributed by atoms with van der Waals surface area (Å²) in [6, 6.07) is 2.29. The van der Waals surface area contributed by atoms with Gasteiger partial charge in [-0.15, -0.1) is 0 Å². The maximum atomic E-state index is 11.5. The molecule has 7 heteroatoms. The molecule has 2 saturated heterocycles. The van der Waals surface area contributed by atoms with Crippen molar-refractivity contribution in [3.05, 3.63) is 35.2 Å². The molecule has 4 atom stereocenters. The number of carbonyl (C=O) groups is 1. The van der Waals surface area contributed by atoms with Crippen LogP contribution in [0.4, 0.5) is 0 Å². The molecule has 1 amide bonds. The summed E-state index contributed by atoms with van der Waals surface area (Å²) in [6.45, 7) is 2.06. The number of carbonyl (C=O) groups excluding carboxylic acids is 1. The number of allylic oxidation sites excluding steroid dienone is 1. The number of piperidine rings is 1. The zero-order valence-corrected chi connectivity index (χ0v) is 13.5. The van der Waals surface area contributed by atoms with E-state index >= 15 is 0 Å². The second kappa shape index (κ2) is 6.08. The number of dihydropyridines is 1. The van der Waals surface area contributed by atoms with Gasteiger partial charge in [0.2, 0.25) is 5.91 Å². The van der Waals surface area contributed by atoms with Crippen molar-refractivity contribution in [1.29, 1.82) is 0 Å². The Balaban J connectivity index is 1.53. The molecule has 0 bridgehead atoms. The van der Waals surface area contributed by atoms with Crippen LogP contribution in [-0.4, -0.2) is 40.6 Å². The molecule has 4 rings (SSSR count). The number of fused-ring (bicyclic) bond motifs is 1. The average molecular weight is 327 g/mol. The second-order valence-electron chi connectivity index (χ2n) is 6.54. The molecule has 0 aromatic carbocycles. The van der Waals surface area contributed by atoms with Gasteiger partial charge in [-0.3, -0.25) is 25.4 Å². The summed E-state index contributed by atoms with van der Waals surface area (Å²) >= 11 is 0. The quantitative estimate of drug-likeness (QED) is 0.629. The van der Waals surface area contributed by atoms with E-state index in [4.69, 9.17) is 0 Å². The highest BCUT2D eigenvalue weighted by Gasteiger charge is 2.38. The van der Waals surface area contributed by atoms with Crippen molar-refractivity contribution < 1.29 is 9.90 Å². The number of nitrogens with zero attached hydrogens (tertiary/aromatic N) is 2. The van der Waals surface area contributed by atoms with Gasteiger partial charge in [0.05, 0.1) is 18.0 Å². The van der Waals surface area contributed by atoms with E-state index in [9.17, 15) is 9.90 Å². The van der Waals surface area contributed by atoms with Gasteiger partial charge in [0.1, 0.15) is 6.23 Å². The minimum absolute atomic E-state index is 0.0178. The average Bonchev–Trinajstić information content (AvgIpc) is 2.98. The fraction of sp³-hybridized carbons (Fsp3) is 0.471. The first-order chi connectivity index (χ1) is 11.6. The molecule has 126 valence electrons. The Labute approximate surface area is 140 Å². The molecular weight excluding hydrogens is 306 g/mol. The van der Waals surface area contributed by atoms with Crippen LogP contribution in [0.5, 0.6) is 0 Å². The standard InChI is InChI=1S/C17H21N5O2/c1-9-6-13(10-2-4-14(23)19-7-10)18-8-11(9)16-20-12-3-5-15(24)21-17(12)22-16/h2,6-8,12,14,16-17,20,22-23H,3-5H2,1H3,(H,21,24). The highest BCUT2D eigenvalue weighted by Crippen LogP contribution is 2.26. The Morgan fingerprint density at radius 1 is 1.33 bits per heavy atom. The molecule has 1 aromatic heterocycles. The van der Waals surface area contributed by atoms with Crippen LogP contribution in [0.15, 0.2) is 23.3 Å². The van der Waals surface area contributed by atoms with Gasteiger partial charge in [-0.1, -0.05) is 6.08 Å². The third-order valence-corrected chi connectivity index (χ3v) is 4.82. The lowest BCUT2D eigenvalue weighted by Gasteiger charge is -2.24. The van der Waals surface area contributed by atoms with Gasteiger partial charge in [-0.05, 0) is 25.0 Å². The Morgan fingerprint density at radius 2 is 2.21 bits per heavy atom. The molecule has 0 saturated carbocycles. The van der Waals surface area contributed by atoms with Crippen molar-refractivity contribution in [3.63, 3.8) is 0 Å². The third kappa shape index (κ3) is 2.86. The maximum absolute atomic E-state index is 11.5. The van der Waals surface area contributed by atoms with Gasteiger partial charge in [0.15, 0.2) is 0 Å². The van der Waals surface area contributed by atoms with Crippen LogP contribution in [0.1, 0.15) is 42.2 Å². The lowest BCUT2D eigenvalue weighted by molar-refractivity contribution is -0.123. The Hall–Kier alpha value is -2.09. The molecule has 7 nitrogen and oxygen atoms in total. The first-order valence-electron chi connectivity index (χ1n) is 8.30. The Morgan fingerprint density at radius 3 is 2.96 bits per heavy atom. The fourth-order valence-electron chi connectivity index (χ4n) is 3.47. The van der Waals surface area contributed by atoms with E-state index in [0.29, 0.717) is 12.8 Å². The van der Waals surface area contributed by atoms with Crippen LogP contribution in [0, 0.1) is 6.92 Å². The molecule has 0 radical (unpaired) electrons. The summed E-state index contributed by atoms with van der Waals surface area (Å²) in [6.07, 6.45) is 6.74. The van der Waals surface area contributed by atoms with Crippen LogP contribution < -0.4 is 16.0 Å². The predicted molar refractivity (Wildman–Crippen MR) is 90.0 cm³/mol. The minimum atomic E-state index is -0.639. The summed E-state index contributed by atoms with van der Waals surface area (Å²) in [7, 11) is 0. The number of aryl methyl sites for hydroxylation is 1. The number of hydrogen-bond acceptors (Lipinski definition) is 6. The van der Waals surface area contributed by atoms with Crippen LogP contribution >= 0.6 is 0 Å². The molecule has 4 N–H and O–H groups in total. The maximum Gasteiger partial charge on any atom is 0.221 e. The molecule has 4 heterocycles. The van der Waals surface area contributed by atoms with E-state index in [2.05, 4.69) is 32.9 Å². The van der Waals surface area contributed by atoms with E-state index < -0.39 is 6.23 Å². The van der Waals surface area contributed by atoms with Crippen molar-refractivity contribution in [2.45, 2.75) is 50.8 Å². The zero-order valence-electron chi connectivity index (χ0n) is 13.5. The number of hydrogen-bond donors (Lipinski definition) is 4. The summed E-state index contributed by atoms with van der Waals surface area (Å²) in [5.41, 5.74) is 3.99. The largest absolute Gasteiger partial charge is 0.371 e. The van der Waals surface area contributed by atoms with Crippen LogP contribution in [0.3, 0.4) is 0 Å². The van der Waals surface area contributed by atoms with Crippen LogP contribution in [0.2, 0.25) is 0 Å². The van der Waals surface area contributed by atoms with Crippen LogP contribution in [-0.2, 0) is 4.79 Å². The number of rotatable bonds is 2.